The zero-order valence-electron chi connectivity index (χ0n) is 10.0. The van der Waals surface area contributed by atoms with Crippen LogP contribution in [0.3, 0.4) is 0 Å². The third-order valence-corrected chi connectivity index (χ3v) is 3.29. The van der Waals surface area contributed by atoms with Crippen molar-refractivity contribution in [2.24, 2.45) is 5.92 Å². The lowest BCUT2D eigenvalue weighted by atomic mass is 9.85. The predicted octanol–water partition coefficient (Wildman–Crippen LogP) is 2.76. The summed E-state index contributed by atoms with van der Waals surface area (Å²) in [6.07, 6.45) is 4.24. The number of aryl methyl sites for hydroxylation is 1. The molecule has 1 aliphatic carbocycles. The normalized spacial score (nSPS) is 15.8. The maximum absolute atomic E-state index is 5.71. The Hall–Kier alpha value is -1.02. The third kappa shape index (κ3) is 3.24. The summed E-state index contributed by atoms with van der Waals surface area (Å²) in [4.78, 5) is 0. The van der Waals surface area contributed by atoms with Crippen LogP contribution >= 0.6 is 0 Å². The van der Waals surface area contributed by atoms with Gasteiger partial charge >= 0.3 is 0 Å². The first-order valence-electron chi connectivity index (χ1n) is 6.25. The van der Waals surface area contributed by atoms with E-state index in [1.165, 1.54) is 24.8 Å². The number of rotatable bonds is 6. The second-order valence-electron chi connectivity index (χ2n) is 4.62. The molecule has 0 unspecified atom stereocenters. The molecule has 0 atom stereocenters. The molecule has 1 aromatic rings. The summed E-state index contributed by atoms with van der Waals surface area (Å²) in [6, 6.07) is 8.17. The molecule has 0 spiro atoms. The Morgan fingerprint density at radius 3 is 2.81 bits per heavy atom. The van der Waals surface area contributed by atoms with Crippen LogP contribution in [0.2, 0.25) is 0 Å². The monoisotopic (exact) mass is 219 g/mol. The first-order valence-corrected chi connectivity index (χ1v) is 6.25. The first kappa shape index (κ1) is 11.5. The molecule has 88 valence electrons. The fourth-order valence-electron chi connectivity index (χ4n) is 1.95. The minimum absolute atomic E-state index is 0.761. The molecular formula is C14H21NO. The molecule has 0 aromatic heterocycles. The number of ether oxygens (including phenoxy) is 1. The van der Waals surface area contributed by atoms with E-state index in [-0.39, 0.29) is 0 Å². The standard InChI is InChI=1S/C14H21NO/c1-12-5-2-3-8-14(12)16-10-9-15-11-13-6-4-7-13/h2-3,5,8,13,15H,4,6-7,9-11H2,1H3. The van der Waals surface area contributed by atoms with Gasteiger partial charge in [0, 0.05) is 6.54 Å². The molecule has 2 rings (SSSR count). The topological polar surface area (TPSA) is 21.3 Å². The van der Waals surface area contributed by atoms with Crippen molar-refractivity contribution in [2.45, 2.75) is 26.2 Å². The van der Waals surface area contributed by atoms with Gasteiger partial charge in [-0.05, 0) is 43.9 Å². The number of para-hydroxylation sites is 1. The maximum Gasteiger partial charge on any atom is 0.122 e. The largest absolute Gasteiger partial charge is 0.492 e. The van der Waals surface area contributed by atoms with Gasteiger partial charge < -0.3 is 10.1 Å². The highest BCUT2D eigenvalue weighted by atomic mass is 16.5. The van der Waals surface area contributed by atoms with Crippen molar-refractivity contribution in [3.63, 3.8) is 0 Å². The SMILES string of the molecule is Cc1ccccc1OCCNCC1CCC1. The summed E-state index contributed by atoms with van der Waals surface area (Å²) in [7, 11) is 0. The zero-order chi connectivity index (χ0) is 11.2. The molecule has 0 amide bonds. The lowest BCUT2D eigenvalue weighted by Gasteiger charge is -2.25. The summed E-state index contributed by atoms with van der Waals surface area (Å²) in [5.74, 6) is 1.94. The van der Waals surface area contributed by atoms with Crippen molar-refractivity contribution in [3.05, 3.63) is 29.8 Å². The maximum atomic E-state index is 5.71. The molecule has 1 fully saturated rings. The van der Waals surface area contributed by atoms with Crippen LogP contribution in [0.15, 0.2) is 24.3 Å². The van der Waals surface area contributed by atoms with Gasteiger partial charge in [0.1, 0.15) is 12.4 Å². The van der Waals surface area contributed by atoms with Gasteiger partial charge in [0.05, 0.1) is 0 Å². The van der Waals surface area contributed by atoms with Crippen molar-refractivity contribution >= 4 is 0 Å². The number of nitrogens with one attached hydrogen (secondary N) is 1. The smallest absolute Gasteiger partial charge is 0.122 e. The van der Waals surface area contributed by atoms with Crippen LogP contribution in [-0.4, -0.2) is 19.7 Å². The van der Waals surface area contributed by atoms with Crippen LogP contribution in [-0.2, 0) is 0 Å². The van der Waals surface area contributed by atoms with E-state index in [1.807, 2.05) is 18.2 Å². The van der Waals surface area contributed by atoms with Gasteiger partial charge in [-0.25, -0.2) is 0 Å². The van der Waals surface area contributed by atoms with Crippen molar-refractivity contribution in [3.8, 4) is 5.75 Å². The fourth-order valence-corrected chi connectivity index (χ4v) is 1.95. The van der Waals surface area contributed by atoms with E-state index in [0.29, 0.717) is 0 Å². The second kappa shape index (κ2) is 5.90. The molecule has 16 heavy (non-hydrogen) atoms. The molecule has 2 heteroatoms. The van der Waals surface area contributed by atoms with E-state index in [9.17, 15) is 0 Å². The second-order valence-corrected chi connectivity index (χ2v) is 4.62. The average Bonchev–Trinajstić information content (AvgIpc) is 2.23. The Kier molecular flexibility index (Phi) is 4.23. The predicted molar refractivity (Wildman–Crippen MR) is 66.9 cm³/mol. The highest BCUT2D eigenvalue weighted by Crippen LogP contribution is 2.25. The molecule has 0 heterocycles. The molecule has 1 saturated carbocycles. The van der Waals surface area contributed by atoms with Crippen LogP contribution in [0.5, 0.6) is 5.75 Å². The van der Waals surface area contributed by atoms with E-state index in [0.717, 1.165) is 31.4 Å². The molecule has 0 radical (unpaired) electrons. The number of hydrogen-bond acceptors (Lipinski definition) is 2. The van der Waals surface area contributed by atoms with Crippen LogP contribution < -0.4 is 10.1 Å². The number of hydrogen-bond donors (Lipinski definition) is 1. The van der Waals surface area contributed by atoms with Gasteiger partial charge in [0.15, 0.2) is 0 Å². The van der Waals surface area contributed by atoms with Gasteiger partial charge in [-0.1, -0.05) is 24.6 Å². The molecule has 0 saturated heterocycles. The summed E-state index contributed by atoms with van der Waals surface area (Å²) in [5, 5.41) is 3.45. The molecule has 0 bridgehead atoms. The van der Waals surface area contributed by atoms with Crippen molar-refractivity contribution in [1.82, 2.24) is 5.32 Å². The molecule has 1 N–H and O–H groups in total. The summed E-state index contributed by atoms with van der Waals surface area (Å²) in [6.45, 7) is 4.96. The Bertz CT molecular complexity index is 320. The Balaban J connectivity index is 1.58. The van der Waals surface area contributed by atoms with Crippen LogP contribution in [0.4, 0.5) is 0 Å². The lowest BCUT2D eigenvalue weighted by molar-refractivity contribution is 0.275. The minimum Gasteiger partial charge on any atom is -0.492 e. The lowest BCUT2D eigenvalue weighted by Crippen LogP contribution is -2.30. The van der Waals surface area contributed by atoms with Gasteiger partial charge in [-0.15, -0.1) is 0 Å². The van der Waals surface area contributed by atoms with Crippen LogP contribution in [0, 0.1) is 12.8 Å². The Labute approximate surface area is 98.0 Å². The van der Waals surface area contributed by atoms with Gasteiger partial charge in [-0.3, -0.25) is 0 Å². The van der Waals surface area contributed by atoms with Crippen molar-refractivity contribution in [1.29, 1.82) is 0 Å². The molecule has 1 aromatic carbocycles. The van der Waals surface area contributed by atoms with Gasteiger partial charge in [-0.2, -0.15) is 0 Å². The highest BCUT2D eigenvalue weighted by molar-refractivity contribution is 5.31. The van der Waals surface area contributed by atoms with Crippen LogP contribution in [0.25, 0.3) is 0 Å². The number of benzene rings is 1. The summed E-state index contributed by atoms with van der Waals surface area (Å²) < 4.78 is 5.71. The third-order valence-electron chi connectivity index (χ3n) is 3.29. The average molecular weight is 219 g/mol. The summed E-state index contributed by atoms with van der Waals surface area (Å²) >= 11 is 0. The van der Waals surface area contributed by atoms with Crippen molar-refractivity contribution < 1.29 is 4.74 Å². The van der Waals surface area contributed by atoms with E-state index in [2.05, 4.69) is 18.3 Å². The van der Waals surface area contributed by atoms with Crippen LogP contribution in [0.1, 0.15) is 24.8 Å². The van der Waals surface area contributed by atoms with Gasteiger partial charge in [0.2, 0.25) is 0 Å². The molecule has 0 aliphatic heterocycles. The first-order chi connectivity index (χ1) is 7.86. The Morgan fingerprint density at radius 2 is 2.12 bits per heavy atom. The molecule has 2 nitrogen and oxygen atoms in total. The van der Waals surface area contributed by atoms with E-state index >= 15 is 0 Å². The highest BCUT2D eigenvalue weighted by Gasteiger charge is 2.15. The fraction of sp³-hybridized carbons (Fsp3) is 0.571. The summed E-state index contributed by atoms with van der Waals surface area (Å²) in [5.41, 5.74) is 1.21. The quantitative estimate of drug-likeness (QED) is 0.743. The molecular weight excluding hydrogens is 198 g/mol. The Morgan fingerprint density at radius 1 is 1.31 bits per heavy atom. The minimum atomic E-state index is 0.761. The van der Waals surface area contributed by atoms with E-state index in [4.69, 9.17) is 4.74 Å². The molecule has 1 aliphatic rings. The van der Waals surface area contributed by atoms with Gasteiger partial charge in [0.25, 0.3) is 0 Å². The van der Waals surface area contributed by atoms with Crippen molar-refractivity contribution in [2.75, 3.05) is 19.7 Å². The van der Waals surface area contributed by atoms with E-state index in [1.54, 1.807) is 0 Å². The zero-order valence-corrected chi connectivity index (χ0v) is 10.0. The van der Waals surface area contributed by atoms with E-state index < -0.39 is 0 Å².